The second-order valence-corrected chi connectivity index (χ2v) is 6.76. The highest BCUT2D eigenvalue weighted by Gasteiger charge is 2.12. The number of hydrogen-bond donors (Lipinski definition) is 0. The lowest BCUT2D eigenvalue weighted by Gasteiger charge is -2.14. The second kappa shape index (κ2) is 9.72. The molecular formula is C22H25N5. The van der Waals surface area contributed by atoms with Crippen LogP contribution in [0.3, 0.4) is 0 Å². The van der Waals surface area contributed by atoms with E-state index >= 15 is 0 Å². The molecule has 27 heavy (non-hydrogen) atoms. The normalized spacial score (nSPS) is 15.2. The number of hydrogen-bond acceptors (Lipinski definition) is 3. The molecule has 0 spiro atoms. The first-order valence-electron chi connectivity index (χ1n) is 9.40. The molecule has 1 aliphatic heterocycles. The van der Waals surface area contributed by atoms with Crippen LogP contribution in [-0.4, -0.2) is 36.1 Å². The minimum Gasteiger partial charge on any atom is -0.300 e. The smallest absolute Gasteiger partial charge is 0.0712 e. The van der Waals surface area contributed by atoms with Crippen LogP contribution in [0.4, 0.5) is 0 Å². The van der Waals surface area contributed by atoms with Gasteiger partial charge in [-0.25, -0.2) is 4.98 Å². The predicted octanol–water partition coefficient (Wildman–Crippen LogP) is 5.24. The van der Waals surface area contributed by atoms with Crippen molar-refractivity contribution in [2.75, 3.05) is 26.2 Å². The summed E-state index contributed by atoms with van der Waals surface area (Å²) in [4.78, 5) is 10.1. The molecule has 0 amide bonds. The SMILES string of the molecule is Cc1ccc(/C(=C\CN2CCCC2)c2cccc(/C=C/CN=[N+]=[N-])n2)cc1. The summed E-state index contributed by atoms with van der Waals surface area (Å²) in [7, 11) is 0. The summed E-state index contributed by atoms with van der Waals surface area (Å²) in [6.45, 7) is 5.73. The van der Waals surface area contributed by atoms with Gasteiger partial charge in [0.25, 0.3) is 0 Å². The molecular weight excluding hydrogens is 334 g/mol. The van der Waals surface area contributed by atoms with Crippen molar-refractivity contribution in [1.82, 2.24) is 9.88 Å². The van der Waals surface area contributed by atoms with Gasteiger partial charge in [-0.1, -0.05) is 53.2 Å². The van der Waals surface area contributed by atoms with Crippen LogP contribution in [0.5, 0.6) is 0 Å². The van der Waals surface area contributed by atoms with Crippen LogP contribution in [0.25, 0.3) is 22.1 Å². The highest BCUT2D eigenvalue weighted by molar-refractivity contribution is 5.78. The quantitative estimate of drug-likeness (QED) is 0.385. The molecule has 1 aliphatic rings. The molecule has 1 fully saturated rings. The standard InChI is InChI=1S/C22H25N5/c1-18-9-11-19(12-10-18)21(13-17-27-15-2-3-16-27)22-8-4-6-20(25-22)7-5-14-24-26-23/h4-13H,2-3,14-17H2,1H3/b7-5+,21-13+. The van der Waals surface area contributed by atoms with Crippen LogP contribution in [0, 0.1) is 6.92 Å². The summed E-state index contributed by atoms with van der Waals surface area (Å²) in [6, 6.07) is 14.6. The van der Waals surface area contributed by atoms with Gasteiger partial charge in [-0.2, -0.15) is 0 Å². The fraction of sp³-hybridized carbons (Fsp3) is 0.318. The summed E-state index contributed by atoms with van der Waals surface area (Å²) < 4.78 is 0. The molecule has 3 rings (SSSR count). The number of azide groups is 1. The Balaban J connectivity index is 1.89. The van der Waals surface area contributed by atoms with E-state index in [4.69, 9.17) is 10.5 Å². The van der Waals surface area contributed by atoms with E-state index < -0.39 is 0 Å². The van der Waals surface area contributed by atoms with Crippen LogP contribution < -0.4 is 0 Å². The number of benzene rings is 1. The van der Waals surface area contributed by atoms with Gasteiger partial charge in [-0.15, -0.1) is 0 Å². The van der Waals surface area contributed by atoms with Crippen LogP contribution in [0.2, 0.25) is 0 Å². The van der Waals surface area contributed by atoms with Crippen molar-refractivity contribution in [1.29, 1.82) is 0 Å². The average Bonchev–Trinajstić information content (AvgIpc) is 3.21. The van der Waals surface area contributed by atoms with E-state index in [1.807, 2.05) is 24.3 Å². The molecule has 1 aromatic carbocycles. The van der Waals surface area contributed by atoms with Gasteiger partial charge in [0.2, 0.25) is 0 Å². The van der Waals surface area contributed by atoms with E-state index in [-0.39, 0.29) is 0 Å². The first kappa shape index (κ1) is 18.9. The number of likely N-dealkylation sites (tertiary alicyclic amines) is 1. The van der Waals surface area contributed by atoms with Gasteiger partial charge in [0.1, 0.15) is 0 Å². The monoisotopic (exact) mass is 359 g/mol. The molecule has 0 bridgehead atoms. The van der Waals surface area contributed by atoms with E-state index in [1.165, 1.54) is 37.1 Å². The summed E-state index contributed by atoms with van der Waals surface area (Å²) in [6.07, 6.45) is 8.59. The number of rotatable bonds is 7. The third kappa shape index (κ3) is 5.55. The molecule has 138 valence electrons. The molecule has 0 aliphatic carbocycles. The molecule has 5 nitrogen and oxygen atoms in total. The predicted molar refractivity (Wildman–Crippen MR) is 111 cm³/mol. The number of aromatic nitrogens is 1. The van der Waals surface area contributed by atoms with Crippen LogP contribution in [-0.2, 0) is 0 Å². The Kier molecular flexibility index (Phi) is 6.80. The maximum atomic E-state index is 8.37. The highest BCUT2D eigenvalue weighted by Crippen LogP contribution is 2.23. The summed E-state index contributed by atoms with van der Waals surface area (Å²) in [5.41, 5.74) is 13.8. The van der Waals surface area contributed by atoms with Crippen molar-refractivity contribution in [3.8, 4) is 0 Å². The average molecular weight is 359 g/mol. The van der Waals surface area contributed by atoms with Gasteiger partial charge >= 0.3 is 0 Å². The molecule has 2 aromatic rings. The fourth-order valence-electron chi connectivity index (χ4n) is 3.24. The Bertz CT molecular complexity index is 855. The minimum atomic E-state index is 0.331. The first-order valence-corrected chi connectivity index (χ1v) is 9.40. The van der Waals surface area contributed by atoms with Crippen molar-refractivity contribution in [3.63, 3.8) is 0 Å². The first-order chi connectivity index (χ1) is 13.3. The van der Waals surface area contributed by atoms with E-state index in [0.717, 1.165) is 23.5 Å². The number of pyridine rings is 1. The van der Waals surface area contributed by atoms with Crippen molar-refractivity contribution in [3.05, 3.63) is 87.6 Å². The lowest BCUT2D eigenvalue weighted by atomic mass is 10.00. The molecule has 2 heterocycles. The Hall–Kier alpha value is -2.88. The van der Waals surface area contributed by atoms with Gasteiger partial charge < -0.3 is 0 Å². The molecule has 0 radical (unpaired) electrons. The summed E-state index contributed by atoms with van der Waals surface area (Å²) in [5, 5.41) is 3.52. The largest absolute Gasteiger partial charge is 0.300 e. The van der Waals surface area contributed by atoms with Gasteiger partial charge in [-0.05, 0) is 62.2 Å². The molecule has 0 saturated carbocycles. The lowest BCUT2D eigenvalue weighted by Crippen LogP contribution is -2.19. The van der Waals surface area contributed by atoms with E-state index in [0.29, 0.717) is 6.54 Å². The zero-order chi connectivity index (χ0) is 18.9. The molecule has 5 heteroatoms. The lowest BCUT2D eigenvalue weighted by molar-refractivity contribution is 0.377. The van der Waals surface area contributed by atoms with Gasteiger partial charge in [0.15, 0.2) is 0 Å². The Labute approximate surface area is 160 Å². The molecule has 1 aromatic heterocycles. The van der Waals surface area contributed by atoms with Crippen LogP contribution in [0.1, 0.15) is 35.4 Å². The Morgan fingerprint density at radius 1 is 1.19 bits per heavy atom. The van der Waals surface area contributed by atoms with Crippen LogP contribution in [0.15, 0.2) is 59.7 Å². The zero-order valence-electron chi connectivity index (χ0n) is 15.8. The molecule has 0 N–H and O–H groups in total. The topological polar surface area (TPSA) is 64.9 Å². The summed E-state index contributed by atoms with van der Waals surface area (Å²) >= 11 is 0. The fourth-order valence-corrected chi connectivity index (χ4v) is 3.24. The van der Waals surface area contributed by atoms with Gasteiger partial charge in [0.05, 0.1) is 11.4 Å². The van der Waals surface area contributed by atoms with E-state index in [9.17, 15) is 0 Å². The zero-order valence-corrected chi connectivity index (χ0v) is 15.8. The molecule has 1 saturated heterocycles. The van der Waals surface area contributed by atoms with Crippen molar-refractivity contribution in [2.45, 2.75) is 19.8 Å². The summed E-state index contributed by atoms with van der Waals surface area (Å²) in [5.74, 6) is 0. The van der Waals surface area contributed by atoms with Crippen LogP contribution >= 0.6 is 0 Å². The van der Waals surface area contributed by atoms with Gasteiger partial charge in [0, 0.05) is 23.6 Å². The molecule has 0 atom stereocenters. The Morgan fingerprint density at radius 3 is 2.70 bits per heavy atom. The highest BCUT2D eigenvalue weighted by atomic mass is 15.1. The van der Waals surface area contributed by atoms with E-state index in [2.05, 4.69) is 58.3 Å². The third-order valence-electron chi connectivity index (χ3n) is 4.70. The van der Waals surface area contributed by atoms with Crippen molar-refractivity contribution in [2.24, 2.45) is 5.11 Å². The second-order valence-electron chi connectivity index (χ2n) is 6.76. The molecule has 0 unspecified atom stereocenters. The maximum Gasteiger partial charge on any atom is 0.0712 e. The Morgan fingerprint density at radius 2 is 1.96 bits per heavy atom. The van der Waals surface area contributed by atoms with E-state index in [1.54, 1.807) is 0 Å². The minimum absolute atomic E-state index is 0.331. The van der Waals surface area contributed by atoms with Crippen molar-refractivity contribution >= 4 is 11.6 Å². The number of aryl methyl sites for hydroxylation is 1. The number of nitrogens with zero attached hydrogens (tertiary/aromatic N) is 5. The maximum absolute atomic E-state index is 8.37. The van der Waals surface area contributed by atoms with Crippen molar-refractivity contribution < 1.29 is 0 Å². The van der Waals surface area contributed by atoms with Gasteiger partial charge in [-0.3, -0.25) is 4.90 Å². The third-order valence-corrected chi connectivity index (χ3v) is 4.70.